The van der Waals surface area contributed by atoms with E-state index in [2.05, 4.69) is 15.6 Å². The first-order valence-electron chi connectivity index (χ1n) is 8.05. The van der Waals surface area contributed by atoms with Crippen LogP contribution in [0.25, 0.3) is 0 Å². The third-order valence-corrected chi connectivity index (χ3v) is 4.31. The molecule has 7 nitrogen and oxygen atoms in total. The Hall–Kier alpha value is -3.09. The van der Waals surface area contributed by atoms with Crippen molar-refractivity contribution in [2.75, 3.05) is 23.3 Å². The molecule has 0 atom stereocenters. The van der Waals surface area contributed by atoms with E-state index in [0.29, 0.717) is 41.3 Å². The molecule has 3 amide bonds. The summed E-state index contributed by atoms with van der Waals surface area (Å²) in [7, 11) is 0. The minimum Gasteiger partial charge on any atom is -0.354 e. The molecule has 0 bridgehead atoms. The number of amides is 3. The number of aryl methyl sites for hydroxylation is 1. The van der Waals surface area contributed by atoms with E-state index in [-0.39, 0.29) is 17.7 Å². The third-order valence-electron chi connectivity index (χ3n) is 4.31. The Balaban J connectivity index is 1.76. The highest BCUT2D eigenvalue weighted by molar-refractivity contribution is 6.07. The number of H-pyrrole nitrogens is 1. The van der Waals surface area contributed by atoms with Crippen LogP contribution in [0, 0.1) is 13.8 Å². The summed E-state index contributed by atoms with van der Waals surface area (Å²) in [5.74, 6) is -0.377. The molecule has 2 aromatic rings. The lowest BCUT2D eigenvalue weighted by Crippen LogP contribution is -2.27. The first kappa shape index (κ1) is 16.8. The van der Waals surface area contributed by atoms with Gasteiger partial charge in [0.15, 0.2) is 5.78 Å². The van der Waals surface area contributed by atoms with Crippen LogP contribution in [0.15, 0.2) is 24.3 Å². The topological polar surface area (TPSA) is 94.3 Å². The van der Waals surface area contributed by atoms with Gasteiger partial charge in [-0.3, -0.25) is 14.5 Å². The highest BCUT2D eigenvalue weighted by Gasteiger charge is 2.22. The van der Waals surface area contributed by atoms with E-state index < -0.39 is 0 Å². The van der Waals surface area contributed by atoms with Crippen LogP contribution in [0.3, 0.4) is 0 Å². The number of nitrogens with zero attached hydrogens (tertiary/aromatic N) is 1. The number of nitrogens with one attached hydrogen (secondary N) is 3. The summed E-state index contributed by atoms with van der Waals surface area (Å²) in [5.41, 5.74) is 3.66. The molecule has 1 aliphatic heterocycles. The number of aromatic nitrogens is 1. The van der Waals surface area contributed by atoms with Crippen LogP contribution >= 0.6 is 0 Å². The fraction of sp³-hybridized carbons (Fsp3) is 0.278. The molecule has 0 aliphatic carbocycles. The lowest BCUT2D eigenvalue weighted by Gasteiger charge is -2.14. The smallest absolute Gasteiger partial charge is 0.321 e. The van der Waals surface area contributed by atoms with E-state index in [4.69, 9.17) is 0 Å². The fourth-order valence-electron chi connectivity index (χ4n) is 3.14. The Morgan fingerprint density at radius 1 is 1.16 bits per heavy atom. The summed E-state index contributed by atoms with van der Waals surface area (Å²) in [4.78, 5) is 40.5. The van der Waals surface area contributed by atoms with Gasteiger partial charge in [-0.25, -0.2) is 4.79 Å². The van der Waals surface area contributed by atoms with E-state index in [0.717, 1.165) is 5.69 Å². The number of Topliss-reactive ketones (excluding diaryl/α,β-unsaturated/α-hetero) is 1. The maximum absolute atomic E-state index is 12.5. The number of aromatic amines is 1. The molecular weight excluding hydrogens is 320 g/mol. The Bertz CT molecular complexity index is 852. The molecule has 0 radical (unpaired) electrons. The maximum atomic E-state index is 12.5. The second-order valence-corrected chi connectivity index (χ2v) is 6.07. The molecule has 1 aliphatic rings. The van der Waals surface area contributed by atoms with Crippen LogP contribution in [-0.4, -0.2) is 35.8 Å². The molecular formula is C18H20N4O3. The highest BCUT2D eigenvalue weighted by atomic mass is 16.2. The van der Waals surface area contributed by atoms with Crippen LogP contribution in [0.4, 0.5) is 16.2 Å². The van der Waals surface area contributed by atoms with Crippen molar-refractivity contribution in [1.29, 1.82) is 0 Å². The van der Waals surface area contributed by atoms with Gasteiger partial charge >= 0.3 is 6.03 Å². The van der Waals surface area contributed by atoms with Crippen molar-refractivity contribution in [3.63, 3.8) is 0 Å². The van der Waals surface area contributed by atoms with Gasteiger partial charge in [0, 0.05) is 35.7 Å². The first-order valence-corrected chi connectivity index (χ1v) is 8.05. The average molecular weight is 340 g/mol. The number of ketones is 1. The van der Waals surface area contributed by atoms with E-state index in [1.165, 1.54) is 6.92 Å². The quantitative estimate of drug-likeness (QED) is 0.747. The van der Waals surface area contributed by atoms with Crippen molar-refractivity contribution in [2.45, 2.75) is 20.8 Å². The summed E-state index contributed by atoms with van der Waals surface area (Å²) in [6.07, 6.45) is 0. The summed E-state index contributed by atoms with van der Waals surface area (Å²) in [6.45, 7) is 6.26. The van der Waals surface area contributed by atoms with Crippen LogP contribution < -0.4 is 15.5 Å². The minimum absolute atomic E-state index is 0.0708. The van der Waals surface area contributed by atoms with Crippen molar-refractivity contribution in [3.05, 3.63) is 46.8 Å². The van der Waals surface area contributed by atoms with Crippen molar-refractivity contribution < 1.29 is 14.4 Å². The largest absolute Gasteiger partial charge is 0.354 e. The molecule has 2 heterocycles. The average Bonchev–Trinajstić information content (AvgIpc) is 3.11. The second-order valence-electron chi connectivity index (χ2n) is 6.07. The number of hydrogen-bond donors (Lipinski definition) is 3. The molecule has 130 valence electrons. The minimum atomic E-state index is -0.306. The summed E-state index contributed by atoms with van der Waals surface area (Å²) < 4.78 is 0. The number of urea groups is 1. The zero-order valence-electron chi connectivity index (χ0n) is 14.4. The number of carbonyl (C=O) groups is 3. The number of benzene rings is 1. The van der Waals surface area contributed by atoms with Gasteiger partial charge < -0.3 is 15.6 Å². The van der Waals surface area contributed by atoms with Crippen molar-refractivity contribution in [2.24, 2.45) is 0 Å². The van der Waals surface area contributed by atoms with E-state index in [1.807, 2.05) is 0 Å². The lowest BCUT2D eigenvalue weighted by molar-refractivity contribution is 0.101. The zero-order valence-corrected chi connectivity index (χ0v) is 14.4. The summed E-state index contributed by atoms with van der Waals surface area (Å²) in [6, 6.07) is 6.94. The van der Waals surface area contributed by atoms with Crippen molar-refractivity contribution in [1.82, 2.24) is 10.3 Å². The Kier molecular flexibility index (Phi) is 4.31. The van der Waals surface area contributed by atoms with Crippen LogP contribution in [0.5, 0.6) is 0 Å². The van der Waals surface area contributed by atoms with E-state index >= 15 is 0 Å². The molecule has 1 saturated heterocycles. The van der Waals surface area contributed by atoms with Crippen LogP contribution in [0.2, 0.25) is 0 Å². The van der Waals surface area contributed by atoms with Gasteiger partial charge in [0.1, 0.15) is 5.69 Å². The summed E-state index contributed by atoms with van der Waals surface area (Å²) >= 11 is 0. The number of carbonyl (C=O) groups excluding carboxylic acids is 3. The van der Waals surface area contributed by atoms with Crippen LogP contribution in [-0.2, 0) is 0 Å². The van der Waals surface area contributed by atoms with Gasteiger partial charge in [0.2, 0.25) is 0 Å². The SMILES string of the molecule is CC(=O)c1c(C)[nH]c(C(=O)Nc2ccc(N3CCNC3=O)cc2)c1C. The van der Waals surface area contributed by atoms with Crippen LogP contribution in [0.1, 0.15) is 39.0 Å². The Morgan fingerprint density at radius 3 is 2.36 bits per heavy atom. The molecule has 1 aromatic carbocycles. The predicted octanol–water partition coefficient (Wildman–Crippen LogP) is 2.62. The molecule has 3 rings (SSSR count). The fourth-order valence-corrected chi connectivity index (χ4v) is 3.14. The Labute approximate surface area is 145 Å². The molecule has 0 unspecified atom stereocenters. The Morgan fingerprint density at radius 2 is 1.84 bits per heavy atom. The predicted molar refractivity (Wildman–Crippen MR) is 95.4 cm³/mol. The second kappa shape index (κ2) is 6.43. The van der Waals surface area contributed by atoms with E-state index in [9.17, 15) is 14.4 Å². The standard InChI is InChI=1S/C18H20N4O3/c1-10-15(12(3)23)11(2)20-16(10)17(24)21-13-4-6-14(7-5-13)22-9-8-19-18(22)25/h4-7,20H,8-9H2,1-3H3,(H,19,25)(H,21,24). The monoisotopic (exact) mass is 340 g/mol. The lowest BCUT2D eigenvalue weighted by atomic mass is 10.1. The van der Waals surface area contributed by atoms with Gasteiger partial charge in [-0.05, 0) is 50.6 Å². The highest BCUT2D eigenvalue weighted by Crippen LogP contribution is 2.22. The molecule has 7 heteroatoms. The molecule has 1 aromatic heterocycles. The first-order chi connectivity index (χ1) is 11.9. The van der Waals surface area contributed by atoms with Crippen molar-refractivity contribution in [3.8, 4) is 0 Å². The molecule has 3 N–H and O–H groups in total. The number of hydrogen-bond acceptors (Lipinski definition) is 3. The third kappa shape index (κ3) is 3.13. The molecule has 25 heavy (non-hydrogen) atoms. The zero-order chi connectivity index (χ0) is 18.1. The molecule has 0 saturated carbocycles. The normalized spacial score (nSPS) is 13.7. The van der Waals surface area contributed by atoms with Gasteiger partial charge in [0.05, 0.1) is 0 Å². The maximum Gasteiger partial charge on any atom is 0.321 e. The van der Waals surface area contributed by atoms with Gasteiger partial charge in [-0.15, -0.1) is 0 Å². The molecule has 1 fully saturated rings. The van der Waals surface area contributed by atoms with Crippen molar-refractivity contribution >= 4 is 29.1 Å². The van der Waals surface area contributed by atoms with Gasteiger partial charge in [-0.1, -0.05) is 0 Å². The van der Waals surface area contributed by atoms with Gasteiger partial charge in [0.25, 0.3) is 5.91 Å². The summed E-state index contributed by atoms with van der Waals surface area (Å²) in [5, 5.41) is 5.55. The number of anilines is 2. The van der Waals surface area contributed by atoms with E-state index in [1.54, 1.807) is 43.0 Å². The van der Waals surface area contributed by atoms with Gasteiger partial charge in [-0.2, -0.15) is 0 Å². The number of rotatable bonds is 4. The molecule has 0 spiro atoms.